The van der Waals surface area contributed by atoms with E-state index in [9.17, 15) is 0 Å². The van der Waals surface area contributed by atoms with E-state index in [1.807, 2.05) is 24.3 Å². The molecular weight excluding hydrogens is 246 g/mol. The Labute approximate surface area is 120 Å². The predicted molar refractivity (Wildman–Crippen MR) is 83.5 cm³/mol. The monoisotopic (exact) mass is 265 g/mol. The molecule has 20 heavy (non-hydrogen) atoms. The van der Waals surface area contributed by atoms with Crippen molar-refractivity contribution < 1.29 is 4.74 Å². The number of rotatable bonds is 4. The molecule has 0 saturated heterocycles. The Morgan fingerprint density at radius 3 is 2.50 bits per heavy atom. The summed E-state index contributed by atoms with van der Waals surface area (Å²) < 4.78 is 6.15. The van der Waals surface area contributed by atoms with Crippen molar-refractivity contribution in [3.63, 3.8) is 0 Å². The first-order valence-electron chi connectivity index (χ1n) is 7.19. The van der Waals surface area contributed by atoms with Crippen LogP contribution in [0.2, 0.25) is 0 Å². The molecule has 1 atom stereocenters. The first kappa shape index (κ1) is 12.9. The van der Waals surface area contributed by atoms with Crippen LogP contribution in [0, 0.1) is 0 Å². The average molecular weight is 265 g/mol. The maximum absolute atomic E-state index is 6.15. The molecule has 2 aromatic carbocycles. The molecule has 0 unspecified atom stereocenters. The summed E-state index contributed by atoms with van der Waals surface area (Å²) in [5, 5.41) is 0. The van der Waals surface area contributed by atoms with Crippen LogP contribution >= 0.6 is 0 Å². The molecule has 0 spiro atoms. The third-order valence-electron chi connectivity index (χ3n) is 3.65. The van der Waals surface area contributed by atoms with Gasteiger partial charge in [0.05, 0.1) is 5.71 Å². The molecule has 3 rings (SSSR count). The zero-order valence-electron chi connectivity index (χ0n) is 11.8. The molecule has 2 aromatic rings. The van der Waals surface area contributed by atoms with Crippen molar-refractivity contribution >= 4 is 5.71 Å². The van der Waals surface area contributed by atoms with Crippen LogP contribution in [0.15, 0.2) is 59.6 Å². The lowest BCUT2D eigenvalue weighted by molar-refractivity contribution is 0.286. The summed E-state index contributed by atoms with van der Waals surface area (Å²) in [4.78, 5) is 4.53. The Morgan fingerprint density at radius 1 is 1.00 bits per heavy atom. The van der Waals surface area contributed by atoms with E-state index >= 15 is 0 Å². The molecule has 0 radical (unpaired) electrons. The molecule has 0 fully saturated rings. The molecule has 0 aliphatic carbocycles. The van der Waals surface area contributed by atoms with Crippen LogP contribution in [0.25, 0.3) is 11.1 Å². The van der Waals surface area contributed by atoms with Gasteiger partial charge in [0.1, 0.15) is 11.9 Å². The maximum Gasteiger partial charge on any atom is 0.133 e. The van der Waals surface area contributed by atoms with Gasteiger partial charge in [0, 0.05) is 12.1 Å². The minimum absolute atomic E-state index is 0.0577. The molecule has 0 N–H and O–H groups in total. The van der Waals surface area contributed by atoms with E-state index in [0.29, 0.717) is 0 Å². The number of ether oxygens (including phenoxy) is 1. The molecule has 0 aromatic heterocycles. The standard InChI is InChI=1S/C18H19NO/c1-14(17-11-7-13-19-17)20-18-12-6-5-10-16(18)15-8-3-2-4-9-15/h2-6,8-10,12,14H,7,11,13H2,1H3/t14-/m1/s1. The molecule has 2 nitrogen and oxygen atoms in total. The van der Waals surface area contributed by atoms with Crippen molar-refractivity contribution in [2.75, 3.05) is 6.54 Å². The van der Waals surface area contributed by atoms with Crippen molar-refractivity contribution in [1.82, 2.24) is 0 Å². The van der Waals surface area contributed by atoms with Crippen molar-refractivity contribution in [3.05, 3.63) is 54.6 Å². The summed E-state index contributed by atoms with van der Waals surface area (Å²) >= 11 is 0. The normalized spacial score (nSPS) is 15.8. The summed E-state index contributed by atoms with van der Waals surface area (Å²) in [5.41, 5.74) is 3.51. The lowest BCUT2D eigenvalue weighted by Gasteiger charge is -2.17. The highest BCUT2D eigenvalue weighted by Crippen LogP contribution is 2.30. The molecule has 1 heterocycles. The molecule has 102 valence electrons. The summed E-state index contributed by atoms with van der Waals surface area (Å²) in [6, 6.07) is 18.6. The number of nitrogens with zero attached hydrogens (tertiary/aromatic N) is 1. The summed E-state index contributed by atoms with van der Waals surface area (Å²) in [5.74, 6) is 0.931. The fraction of sp³-hybridized carbons (Fsp3) is 0.278. The fourth-order valence-corrected chi connectivity index (χ4v) is 2.58. The van der Waals surface area contributed by atoms with Crippen LogP contribution in [-0.2, 0) is 0 Å². The Kier molecular flexibility index (Phi) is 3.82. The SMILES string of the molecule is C[C@@H](Oc1ccccc1-c1ccccc1)C1=NCCC1. The van der Waals surface area contributed by atoms with Gasteiger partial charge in [0.2, 0.25) is 0 Å². The van der Waals surface area contributed by atoms with Crippen molar-refractivity contribution in [3.8, 4) is 16.9 Å². The first-order chi connectivity index (χ1) is 9.84. The third kappa shape index (κ3) is 2.74. The number of para-hydroxylation sites is 1. The molecule has 0 amide bonds. The van der Waals surface area contributed by atoms with Gasteiger partial charge < -0.3 is 4.74 Å². The van der Waals surface area contributed by atoms with Crippen molar-refractivity contribution in [2.45, 2.75) is 25.9 Å². The average Bonchev–Trinajstić information content (AvgIpc) is 3.03. The Bertz CT molecular complexity index is 604. The van der Waals surface area contributed by atoms with E-state index in [-0.39, 0.29) is 6.10 Å². The Morgan fingerprint density at radius 2 is 1.75 bits per heavy atom. The second-order valence-corrected chi connectivity index (χ2v) is 5.10. The Hall–Kier alpha value is -2.09. The minimum Gasteiger partial charge on any atom is -0.484 e. The van der Waals surface area contributed by atoms with Gasteiger partial charge in [-0.25, -0.2) is 0 Å². The van der Waals surface area contributed by atoms with Crippen molar-refractivity contribution in [2.24, 2.45) is 4.99 Å². The smallest absolute Gasteiger partial charge is 0.133 e. The summed E-state index contributed by atoms with van der Waals surface area (Å²) in [6.07, 6.45) is 2.28. The molecular formula is C18H19NO. The van der Waals surface area contributed by atoms with E-state index < -0.39 is 0 Å². The van der Waals surface area contributed by atoms with Gasteiger partial charge in [-0.15, -0.1) is 0 Å². The second kappa shape index (κ2) is 5.91. The van der Waals surface area contributed by atoms with Crippen LogP contribution < -0.4 is 4.74 Å². The zero-order chi connectivity index (χ0) is 13.8. The van der Waals surface area contributed by atoms with E-state index in [0.717, 1.165) is 30.7 Å². The largest absolute Gasteiger partial charge is 0.484 e. The van der Waals surface area contributed by atoms with Gasteiger partial charge >= 0.3 is 0 Å². The van der Waals surface area contributed by atoms with E-state index in [4.69, 9.17) is 4.74 Å². The number of benzene rings is 2. The van der Waals surface area contributed by atoms with Gasteiger partial charge in [0.15, 0.2) is 0 Å². The zero-order valence-corrected chi connectivity index (χ0v) is 11.8. The van der Waals surface area contributed by atoms with Crippen LogP contribution in [0.5, 0.6) is 5.75 Å². The highest BCUT2D eigenvalue weighted by molar-refractivity contribution is 5.90. The van der Waals surface area contributed by atoms with Gasteiger partial charge in [-0.1, -0.05) is 48.5 Å². The summed E-state index contributed by atoms with van der Waals surface area (Å²) in [7, 11) is 0. The quantitative estimate of drug-likeness (QED) is 0.805. The molecule has 1 aliphatic rings. The fourth-order valence-electron chi connectivity index (χ4n) is 2.58. The molecule has 2 heteroatoms. The topological polar surface area (TPSA) is 21.6 Å². The molecule has 0 saturated carbocycles. The van der Waals surface area contributed by atoms with E-state index in [1.54, 1.807) is 0 Å². The predicted octanol–water partition coefficient (Wildman–Crippen LogP) is 4.36. The number of aliphatic imine (C=N–C) groups is 1. The van der Waals surface area contributed by atoms with Gasteiger partial charge in [-0.2, -0.15) is 0 Å². The van der Waals surface area contributed by atoms with Crippen LogP contribution in [0.3, 0.4) is 0 Å². The molecule has 1 aliphatic heterocycles. The highest BCUT2D eigenvalue weighted by atomic mass is 16.5. The van der Waals surface area contributed by atoms with Crippen LogP contribution in [0.4, 0.5) is 0 Å². The van der Waals surface area contributed by atoms with Crippen LogP contribution in [-0.4, -0.2) is 18.4 Å². The second-order valence-electron chi connectivity index (χ2n) is 5.10. The van der Waals surface area contributed by atoms with Crippen molar-refractivity contribution in [1.29, 1.82) is 0 Å². The lowest BCUT2D eigenvalue weighted by Crippen LogP contribution is -2.22. The van der Waals surface area contributed by atoms with Gasteiger partial charge in [-0.3, -0.25) is 4.99 Å². The van der Waals surface area contributed by atoms with Crippen LogP contribution in [0.1, 0.15) is 19.8 Å². The van der Waals surface area contributed by atoms with E-state index in [1.165, 1.54) is 11.3 Å². The Balaban J connectivity index is 1.87. The lowest BCUT2D eigenvalue weighted by atomic mass is 10.0. The number of hydrogen-bond donors (Lipinski definition) is 0. The third-order valence-corrected chi connectivity index (χ3v) is 3.65. The maximum atomic E-state index is 6.15. The highest BCUT2D eigenvalue weighted by Gasteiger charge is 2.17. The number of hydrogen-bond acceptors (Lipinski definition) is 2. The molecule has 0 bridgehead atoms. The minimum atomic E-state index is 0.0577. The summed E-state index contributed by atoms with van der Waals surface area (Å²) in [6.45, 7) is 3.04. The van der Waals surface area contributed by atoms with E-state index in [2.05, 4.69) is 42.2 Å². The van der Waals surface area contributed by atoms with Gasteiger partial charge in [-0.05, 0) is 31.4 Å². The van der Waals surface area contributed by atoms with Gasteiger partial charge in [0.25, 0.3) is 0 Å². The first-order valence-corrected chi connectivity index (χ1v) is 7.19.